The molecule has 3 heterocycles. The van der Waals surface area contributed by atoms with E-state index < -0.39 is 0 Å². The number of ether oxygens (including phenoxy) is 1. The number of benzene rings is 2. The van der Waals surface area contributed by atoms with Crippen LogP contribution in [0.15, 0.2) is 60.0 Å². The highest BCUT2D eigenvalue weighted by molar-refractivity contribution is 7.13. The second-order valence-corrected chi connectivity index (χ2v) is 8.36. The maximum absolute atomic E-state index is 9.22. The molecule has 0 N–H and O–H groups in total. The van der Waals surface area contributed by atoms with Crippen molar-refractivity contribution in [3.63, 3.8) is 0 Å². The Hall–Kier alpha value is -2.61. The Balaban J connectivity index is 1.31. The van der Waals surface area contributed by atoms with Gasteiger partial charge in [0, 0.05) is 41.9 Å². The van der Waals surface area contributed by atoms with Crippen LogP contribution in [-0.4, -0.2) is 24.6 Å². The second kappa shape index (κ2) is 6.84. The van der Waals surface area contributed by atoms with Crippen LogP contribution in [0.5, 0.6) is 5.75 Å². The third-order valence-electron chi connectivity index (χ3n) is 5.67. The molecule has 0 bridgehead atoms. The van der Waals surface area contributed by atoms with Crippen LogP contribution in [0, 0.1) is 17.2 Å². The van der Waals surface area contributed by atoms with Gasteiger partial charge in [-0.1, -0.05) is 30.3 Å². The van der Waals surface area contributed by atoms with Crippen molar-refractivity contribution < 1.29 is 4.74 Å². The molecule has 2 atom stereocenters. The number of rotatable bonds is 3. The maximum atomic E-state index is 9.22. The number of fused-ring (bicyclic) bond motifs is 3. The van der Waals surface area contributed by atoms with E-state index in [9.17, 15) is 5.26 Å². The Morgan fingerprint density at radius 3 is 2.78 bits per heavy atom. The lowest BCUT2D eigenvalue weighted by molar-refractivity contribution is 0.212. The van der Waals surface area contributed by atoms with Gasteiger partial charge in [0.25, 0.3) is 0 Å². The van der Waals surface area contributed by atoms with Gasteiger partial charge >= 0.3 is 0 Å². The summed E-state index contributed by atoms with van der Waals surface area (Å²) in [4.78, 5) is 3.84. The average molecular weight is 372 g/mol. The van der Waals surface area contributed by atoms with Crippen molar-refractivity contribution >= 4 is 11.3 Å². The molecule has 134 valence electrons. The Morgan fingerprint density at radius 1 is 1.11 bits per heavy atom. The van der Waals surface area contributed by atoms with Gasteiger partial charge in [-0.15, -0.1) is 11.3 Å². The second-order valence-electron chi connectivity index (χ2n) is 7.41. The van der Waals surface area contributed by atoms with Gasteiger partial charge in [-0.25, -0.2) is 0 Å². The van der Waals surface area contributed by atoms with E-state index in [-0.39, 0.29) is 0 Å². The molecule has 2 aliphatic rings. The van der Waals surface area contributed by atoms with Crippen molar-refractivity contribution in [2.75, 3.05) is 19.7 Å². The molecule has 5 rings (SSSR count). The summed E-state index contributed by atoms with van der Waals surface area (Å²) in [6.45, 7) is 3.82. The van der Waals surface area contributed by atoms with Gasteiger partial charge in [0.2, 0.25) is 0 Å². The summed E-state index contributed by atoms with van der Waals surface area (Å²) in [5.74, 6) is 1.93. The third-order valence-corrected chi connectivity index (χ3v) is 6.59. The third kappa shape index (κ3) is 3.14. The van der Waals surface area contributed by atoms with Crippen LogP contribution in [0.25, 0.3) is 10.4 Å². The summed E-state index contributed by atoms with van der Waals surface area (Å²) in [7, 11) is 0. The maximum Gasteiger partial charge on any atom is 0.122 e. The summed E-state index contributed by atoms with van der Waals surface area (Å²) >= 11 is 1.78. The molecule has 0 aliphatic carbocycles. The SMILES string of the molecule is N#Cc1ccc2c(c1)C1CN(Cc3ccc(-c4cccs4)cc3)CC1CO2. The van der Waals surface area contributed by atoms with Crippen LogP contribution < -0.4 is 4.74 Å². The average Bonchev–Trinajstić information content (AvgIpc) is 3.38. The molecule has 4 heteroatoms. The fourth-order valence-electron chi connectivity index (χ4n) is 4.32. The van der Waals surface area contributed by atoms with Gasteiger partial charge in [-0.3, -0.25) is 4.90 Å². The molecule has 0 saturated carbocycles. The van der Waals surface area contributed by atoms with E-state index in [1.165, 1.54) is 21.6 Å². The van der Waals surface area contributed by atoms with Gasteiger partial charge in [0.05, 0.1) is 18.2 Å². The monoisotopic (exact) mass is 372 g/mol. The molecule has 1 saturated heterocycles. The van der Waals surface area contributed by atoms with E-state index in [2.05, 4.69) is 52.7 Å². The van der Waals surface area contributed by atoms with Crippen LogP contribution in [-0.2, 0) is 6.54 Å². The Morgan fingerprint density at radius 2 is 2.00 bits per heavy atom. The fourth-order valence-corrected chi connectivity index (χ4v) is 5.06. The highest BCUT2D eigenvalue weighted by Gasteiger charge is 2.38. The minimum absolute atomic E-state index is 0.465. The summed E-state index contributed by atoms with van der Waals surface area (Å²) in [6.07, 6.45) is 0. The van der Waals surface area contributed by atoms with Crippen molar-refractivity contribution in [1.82, 2.24) is 4.90 Å². The van der Waals surface area contributed by atoms with Gasteiger partial charge < -0.3 is 4.74 Å². The van der Waals surface area contributed by atoms with E-state index in [0.29, 0.717) is 11.8 Å². The first-order valence-electron chi connectivity index (χ1n) is 9.32. The van der Waals surface area contributed by atoms with E-state index in [1.54, 1.807) is 11.3 Å². The van der Waals surface area contributed by atoms with Gasteiger partial charge in [-0.2, -0.15) is 5.26 Å². The Kier molecular flexibility index (Phi) is 4.20. The summed E-state index contributed by atoms with van der Waals surface area (Å²) in [6, 6.07) is 21.3. The molecule has 3 nitrogen and oxygen atoms in total. The fraction of sp³-hybridized carbons (Fsp3) is 0.261. The number of thiophene rings is 1. The molecule has 0 radical (unpaired) electrons. The van der Waals surface area contributed by atoms with E-state index in [4.69, 9.17) is 4.74 Å². The first-order chi connectivity index (χ1) is 13.3. The zero-order valence-corrected chi connectivity index (χ0v) is 15.8. The van der Waals surface area contributed by atoms with Crippen molar-refractivity contribution in [3.05, 3.63) is 76.7 Å². The minimum atomic E-state index is 0.465. The zero-order chi connectivity index (χ0) is 18.2. The van der Waals surface area contributed by atoms with Gasteiger partial charge in [0.1, 0.15) is 5.75 Å². The van der Waals surface area contributed by atoms with Crippen LogP contribution >= 0.6 is 11.3 Å². The smallest absolute Gasteiger partial charge is 0.122 e. The summed E-state index contributed by atoms with van der Waals surface area (Å²) in [5.41, 5.74) is 4.57. The van der Waals surface area contributed by atoms with E-state index in [0.717, 1.165) is 37.6 Å². The van der Waals surface area contributed by atoms with Crippen molar-refractivity contribution in [1.29, 1.82) is 5.26 Å². The molecule has 0 spiro atoms. The van der Waals surface area contributed by atoms with Crippen LogP contribution in [0.4, 0.5) is 0 Å². The number of likely N-dealkylation sites (tertiary alicyclic amines) is 1. The normalized spacial score (nSPS) is 21.1. The molecule has 1 aromatic heterocycles. The number of hydrogen-bond acceptors (Lipinski definition) is 4. The predicted molar refractivity (Wildman–Crippen MR) is 108 cm³/mol. The standard InChI is InChI=1S/C23H20N2OS/c24-11-17-5-8-22-20(10-17)21-14-25(13-19(21)15-26-22)12-16-3-6-18(7-4-16)23-2-1-9-27-23/h1-10,19,21H,12-15H2. The summed E-state index contributed by atoms with van der Waals surface area (Å²) in [5, 5.41) is 11.3. The highest BCUT2D eigenvalue weighted by atomic mass is 32.1. The molecule has 1 fully saturated rings. The van der Waals surface area contributed by atoms with E-state index >= 15 is 0 Å². The van der Waals surface area contributed by atoms with Crippen LogP contribution in [0.3, 0.4) is 0 Å². The first kappa shape index (κ1) is 16.6. The molecule has 2 aromatic carbocycles. The quantitative estimate of drug-likeness (QED) is 0.656. The summed E-state index contributed by atoms with van der Waals surface area (Å²) < 4.78 is 5.96. The predicted octanol–water partition coefficient (Wildman–Crippen LogP) is 4.89. The zero-order valence-electron chi connectivity index (χ0n) is 15.0. The molecule has 2 aliphatic heterocycles. The molecule has 0 amide bonds. The Bertz CT molecular complexity index is 988. The number of nitrogens with zero attached hydrogens (tertiary/aromatic N) is 2. The highest BCUT2D eigenvalue weighted by Crippen LogP contribution is 2.42. The Labute approximate surface area is 163 Å². The lowest BCUT2D eigenvalue weighted by Gasteiger charge is -2.27. The number of hydrogen-bond donors (Lipinski definition) is 0. The molecule has 27 heavy (non-hydrogen) atoms. The first-order valence-corrected chi connectivity index (χ1v) is 10.2. The lowest BCUT2D eigenvalue weighted by atomic mass is 9.86. The lowest BCUT2D eigenvalue weighted by Crippen LogP contribution is -2.25. The van der Waals surface area contributed by atoms with E-state index in [1.807, 2.05) is 18.2 Å². The van der Waals surface area contributed by atoms with Crippen molar-refractivity contribution in [2.45, 2.75) is 12.5 Å². The molecule has 2 unspecified atom stereocenters. The van der Waals surface area contributed by atoms with Gasteiger partial charge in [-0.05, 0) is 40.8 Å². The van der Waals surface area contributed by atoms with Crippen molar-refractivity contribution in [3.8, 4) is 22.3 Å². The van der Waals surface area contributed by atoms with Crippen LogP contribution in [0.1, 0.15) is 22.6 Å². The van der Waals surface area contributed by atoms with Gasteiger partial charge in [0.15, 0.2) is 0 Å². The minimum Gasteiger partial charge on any atom is -0.493 e. The molecular weight excluding hydrogens is 352 g/mol. The number of nitriles is 1. The van der Waals surface area contributed by atoms with Crippen molar-refractivity contribution in [2.24, 2.45) is 5.92 Å². The molecule has 3 aromatic rings. The largest absolute Gasteiger partial charge is 0.493 e. The van der Waals surface area contributed by atoms with Crippen LogP contribution in [0.2, 0.25) is 0 Å². The molecular formula is C23H20N2OS. The topological polar surface area (TPSA) is 36.3 Å².